The molecule has 0 aliphatic heterocycles. The second kappa shape index (κ2) is 8.87. The SMILES string of the molecule is O=C(O)Cc1cc2cnn(C(c3ccccc3)(c3ccccc3)c3ccccc3)c2cc1[N+](=O)[O-]. The summed E-state index contributed by atoms with van der Waals surface area (Å²) in [7, 11) is 0. The molecule has 172 valence electrons. The van der Waals surface area contributed by atoms with Crippen molar-refractivity contribution in [3.63, 3.8) is 0 Å². The van der Waals surface area contributed by atoms with E-state index in [0.29, 0.717) is 10.9 Å². The lowest BCUT2D eigenvalue weighted by atomic mass is 9.77. The molecule has 4 aromatic carbocycles. The van der Waals surface area contributed by atoms with Gasteiger partial charge in [-0.25, -0.2) is 4.68 Å². The number of carbonyl (C=O) groups is 1. The molecule has 0 aliphatic carbocycles. The minimum atomic E-state index is -1.13. The lowest BCUT2D eigenvalue weighted by Gasteiger charge is -2.37. The summed E-state index contributed by atoms with van der Waals surface area (Å²) in [6, 6.07) is 32.6. The lowest BCUT2D eigenvalue weighted by molar-refractivity contribution is -0.385. The van der Waals surface area contributed by atoms with Gasteiger partial charge in [-0.05, 0) is 22.8 Å². The summed E-state index contributed by atoms with van der Waals surface area (Å²) in [6.07, 6.45) is 1.19. The summed E-state index contributed by atoms with van der Waals surface area (Å²) < 4.78 is 1.81. The average molecular weight is 463 g/mol. The van der Waals surface area contributed by atoms with Gasteiger partial charge in [-0.15, -0.1) is 0 Å². The number of aliphatic carboxylic acids is 1. The smallest absolute Gasteiger partial charge is 0.308 e. The van der Waals surface area contributed by atoms with Crippen molar-refractivity contribution in [2.75, 3.05) is 0 Å². The van der Waals surface area contributed by atoms with Gasteiger partial charge in [0.2, 0.25) is 0 Å². The molecule has 0 amide bonds. The Labute approximate surface area is 201 Å². The van der Waals surface area contributed by atoms with Crippen LogP contribution in [0.15, 0.2) is 109 Å². The van der Waals surface area contributed by atoms with Gasteiger partial charge < -0.3 is 5.11 Å². The highest BCUT2D eigenvalue weighted by atomic mass is 16.6. The average Bonchev–Trinajstić information content (AvgIpc) is 3.29. The summed E-state index contributed by atoms with van der Waals surface area (Å²) in [4.78, 5) is 22.7. The van der Waals surface area contributed by atoms with E-state index in [1.807, 2.05) is 91.0 Å². The van der Waals surface area contributed by atoms with Crippen molar-refractivity contribution >= 4 is 22.6 Å². The van der Waals surface area contributed by atoms with Crippen molar-refractivity contribution in [2.24, 2.45) is 0 Å². The molecule has 0 bridgehead atoms. The second-order valence-corrected chi connectivity index (χ2v) is 8.23. The first-order chi connectivity index (χ1) is 17.0. The normalized spacial score (nSPS) is 11.4. The highest BCUT2D eigenvalue weighted by molar-refractivity contribution is 5.85. The zero-order valence-electron chi connectivity index (χ0n) is 18.6. The van der Waals surface area contributed by atoms with Crippen LogP contribution in [0, 0.1) is 10.1 Å². The van der Waals surface area contributed by atoms with E-state index in [9.17, 15) is 20.0 Å². The zero-order chi connectivity index (χ0) is 24.4. The minimum Gasteiger partial charge on any atom is -0.481 e. The Kier molecular flexibility index (Phi) is 5.58. The zero-order valence-corrected chi connectivity index (χ0v) is 18.6. The first kappa shape index (κ1) is 22.0. The van der Waals surface area contributed by atoms with Gasteiger partial charge in [0.25, 0.3) is 5.69 Å². The van der Waals surface area contributed by atoms with Crippen LogP contribution in [0.4, 0.5) is 5.69 Å². The van der Waals surface area contributed by atoms with Gasteiger partial charge in [0.1, 0.15) is 5.54 Å². The second-order valence-electron chi connectivity index (χ2n) is 8.23. The highest BCUT2D eigenvalue weighted by Gasteiger charge is 2.40. The topological polar surface area (TPSA) is 98.3 Å². The van der Waals surface area contributed by atoms with Gasteiger partial charge in [-0.1, -0.05) is 91.0 Å². The number of nitro benzene ring substituents is 1. The fourth-order valence-electron chi connectivity index (χ4n) is 4.76. The molecule has 5 aromatic rings. The molecule has 7 nitrogen and oxygen atoms in total. The fourth-order valence-corrected chi connectivity index (χ4v) is 4.76. The van der Waals surface area contributed by atoms with E-state index in [2.05, 4.69) is 0 Å². The van der Waals surface area contributed by atoms with E-state index in [1.165, 1.54) is 6.07 Å². The number of carboxylic acid groups (broad SMARTS) is 1. The molecular formula is C28H21N3O4. The van der Waals surface area contributed by atoms with Gasteiger partial charge in [0, 0.05) is 17.0 Å². The van der Waals surface area contributed by atoms with Crippen molar-refractivity contribution in [3.05, 3.63) is 142 Å². The third-order valence-electron chi connectivity index (χ3n) is 6.20. The fraction of sp³-hybridized carbons (Fsp3) is 0.0714. The van der Waals surface area contributed by atoms with Gasteiger partial charge in [-0.2, -0.15) is 5.10 Å². The van der Waals surface area contributed by atoms with Crippen LogP contribution in [0.1, 0.15) is 22.3 Å². The maximum atomic E-state index is 11.9. The molecule has 0 radical (unpaired) electrons. The Morgan fingerprint density at radius 1 is 0.857 bits per heavy atom. The predicted molar refractivity (Wildman–Crippen MR) is 132 cm³/mol. The summed E-state index contributed by atoms with van der Waals surface area (Å²) in [5.41, 5.74) is 2.28. The highest BCUT2D eigenvalue weighted by Crippen LogP contribution is 2.42. The quantitative estimate of drug-likeness (QED) is 0.198. The van der Waals surface area contributed by atoms with E-state index in [4.69, 9.17) is 5.10 Å². The standard InChI is InChI=1S/C28H21N3O4/c32-27(33)17-20-16-21-19-29-30(25(21)18-26(20)31(34)35)28(22-10-4-1-5-11-22,23-12-6-2-7-13-23)24-14-8-3-9-15-24/h1-16,18-19H,17H2,(H,32,33). The van der Waals surface area contributed by atoms with Crippen LogP contribution in [0.3, 0.4) is 0 Å². The van der Waals surface area contributed by atoms with Crippen molar-refractivity contribution < 1.29 is 14.8 Å². The maximum Gasteiger partial charge on any atom is 0.308 e. The summed E-state index contributed by atoms with van der Waals surface area (Å²) >= 11 is 0. The van der Waals surface area contributed by atoms with Crippen LogP contribution in [0.25, 0.3) is 10.9 Å². The lowest BCUT2D eigenvalue weighted by Crippen LogP contribution is -2.38. The molecule has 0 aliphatic rings. The third-order valence-corrected chi connectivity index (χ3v) is 6.20. The minimum absolute atomic E-state index is 0.138. The number of carboxylic acids is 1. The van der Waals surface area contributed by atoms with E-state index in [-0.39, 0.29) is 11.3 Å². The molecule has 0 saturated heterocycles. The third kappa shape index (κ3) is 3.73. The summed E-state index contributed by atoms with van der Waals surface area (Å²) in [5, 5.41) is 26.6. The molecule has 7 heteroatoms. The number of benzene rings is 4. The van der Waals surface area contributed by atoms with Crippen LogP contribution < -0.4 is 0 Å². The van der Waals surface area contributed by atoms with Gasteiger partial charge in [-0.3, -0.25) is 14.9 Å². The van der Waals surface area contributed by atoms with E-state index >= 15 is 0 Å². The molecule has 0 spiro atoms. The van der Waals surface area contributed by atoms with E-state index in [0.717, 1.165) is 16.7 Å². The number of nitrogens with zero attached hydrogens (tertiary/aromatic N) is 3. The van der Waals surface area contributed by atoms with Crippen molar-refractivity contribution in [1.29, 1.82) is 0 Å². The monoisotopic (exact) mass is 463 g/mol. The van der Waals surface area contributed by atoms with Crippen LogP contribution in [0.2, 0.25) is 0 Å². The molecule has 0 fully saturated rings. The van der Waals surface area contributed by atoms with Crippen molar-refractivity contribution in [1.82, 2.24) is 9.78 Å². The Bertz CT molecular complexity index is 1420. The number of fused-ring (bicyclic) bond motifs is 1. The van der Waals surface area contributed by atoms with Crippen LogP contribution >= 0.6 is 0 Å². The molecule has 35 heavy (non-hydrogen) atoms. The van der Waals surface area contributed by atoms with Gasteiger partial charge >= 0.3 is 5.97 Å². The summed E-state index contributed by atoms with van der Waals surface area (Å²) in [6.45, 7) is 0. The molecule has 0 unspecified atom stereocenters. The predicted octanol–water partition coefficient (Wildman–Crippen LogP) is 5.41. The first-order valence-corrected chi connectivity index (χ1v) is 11.1. The number of aromatic nitrogens is 2. The van der Waals surface area contributed by atoms with Crippen molar-refractivity contribution in [2.45, 2.75) is 12.0 Å². The Morgan fingerprint density at radius 3 is 1.77 bits per heavy atom. The Balaban J connectivity index is 1.91. The largest absolute Gasteiger partial charge is 0.481 e. The van der Waals surface area contributed by atoms with Crippen LogP contribution in [-0.4, -0.2) is 25.8 Å². The summed E-state index contributed by atoms with van der Waals surface area (Å²) in [5.74, 6) is -1.13. The maximum absolute atomic E-state index is 11.9. The van der Waals surface area contributed by atoms with E-state index in [1.54, 1.807) is 16.9 Å². The molecule has 1 heterocycles. The van der Waals surface area contributed by atoms with Crippen molar-refractivity contribution in [3.8, 4) is 0 Å². The van der Waals surface area contributed by atoms with Crippen LogP contribution in [0.5, 0.6) is 0 Å². The molecule has 1 N–H and O–H groups in total. The number of hydrogen-bond donors (Lipinski definition) is 1. The molecule has 5 rings (SSSR count). The molecule has 1 aromatic heterocycles. The number of hydrogen-bond acceptors (Lipinski definition) is 4. The number of nitro groups is 1. The van der Waals surface area contributed by atoms with E-state index < -0.39 is 22.9 Å². The number of rotatable bonds is 7. The van der Waals surface area contributed by atoms with Gasteiger partial charge in [0.15, 0.2) is 0 Å². The molecule has 0 atom stereocenters. The van der Waals surface area contributed by atoms with Gasteiger partial charge in [0.05, 0.1) is 23.1 Å². The molecule has 0 saturated carbocycles. The Morgan fingerprint density at radius 2 is 1.34 bits per heavy atom. The first-order valence-electron chi connectivity index (χ1n) is 11.1. The van der Waals surface area contributed by atoms with Crippen LogP contribution in [-0.2, 0) is 16.8 Å². The Hall–Kier alpha value is -4.78. The molecular weight excluding hydrogens is 442 g/mol.